The molecule has 0 saturated heterocycles. The lowest BCUT2D eigenvalue weighted by Gasteiger charge is -2.60. The molecule has 1 unspecified atom stereocenters. The fourth-order valence-electron chi connectivity index (χ4n) is 7.04. The molecular weight excluding hydrogens is 388 g/mol. The summed E-state index contributed by atoms with van der Waals surface area (Å²) in [6.45, 7) is 2.24. The predicted molar refractivity (Wildman–Crippen MR) is 125 cm³/mol. The highest BCUT2D eigenvalue weighted by molar-refractivity contribution is 5.66. The molecule has 4 heteroatoms. The Kier molecular flexibility index (Phi) is 9.46. The van der Waals surface area contributed by atoms with E-state index in [2.05, 4.69) is 13.0 Å². The van der Waals surface area contributed by atoms with Crippen molar-refractivity contribution in [1.82, 2.24) is 0 Å². The van der Waals surface area contributed by atoms with Gasteiger partial charge in [0.15, 0.2) is 0 Å². The van der Waals surface area contributed by atoms with Crippen molar-refractivity contribution >= 4 is 5.97 Å². The monoisotopic (exact) mass is 434 g/mol. The highest BCUT2D eigenvalue weighted by Crippen LogP contribution is 2.64. The number of carboxylic acids is 1. The molecule has 0 amide bonds. The molecular formula is C27H46O4. The van der Waals surface area contributed by atoms with E-state index in [4.69, 9.17) is 5.11 Å². The summed E-state index contributed by atoms with van der Waals surface area (Å²) in [5, 5.41) is 30.7. The van der Waals surface area contributed by atoms with Crippen LogP contribution in [0.25, 0.3) is 0 Å². The highest BCUT2D eigenvalue weighted by Gasteiger charge is 2.56. The van der Waals surface area contributed by atoms with Crippen molar-refractivity contribution in [3.8, 4) is 0 Å². The lowest BCUT2D eigenvalue weighted by Crippen LogP contribution is -2.54. The molecule has 178 valence electrons. The molecule has 3 rings (SSSR count). The Bertz CT molecular complexity index is 594. The normalized spacial score (nSPS) is 33.6. The Balaban J connectivity index is 1.64. The first-order valence-electron chi connectivity index (χ1n) is 13.3. The quantitative estimate of drug-likeness (QED) is 0.251. The molecule has 0 bridgehead atoms. The molecule has 5 atom stereocenters. The molecule has 3 N–H and O–H groups in total. The number of aliphatic carboxylic acids is 1. The first-order valence-corrected chi connectivity index (χ1v) is 13.3. The zero-order chi connectivity index (χ0) is 22.3. The van der Waals surface area contributed by atoms with Gasteiger partial charge in [-0.15, -0.1) is 0 Å². The average molecular weight is 435 g/mol. The van der Waals surface area contributed by atoms with E-state index in [1.807, 2.05) is 0 Å². The van der Waals surface area contributed by atoms with Crippen LogP contribution in [0.4, 0.5) is 0 Å². The second-order valence-corrected chi connectivity index (χ2v) is 10.8. The van der Waals surface area contributed by atoms with Gasteiger partial charge in [0.2, 0.25) is 0 Å². The maximum Gasteiger partial charge on any atom is 0.303 e. The largest absolute Gasteiger partial charge is 0.481 e. The minimum atomic E-state index is -0.724. The van der Waals surface area contributed by atoms with Gasteiger partial charge in [-0.2, -0.15) is 0 Å². The number of carboxylic acid groups (broad SMARTS) is 1. The van der Waals surface area contributed by atoms with E-state index in [-0.39, 0.29) is 30.0 Å². The Morgan fingerprint density at radius 1 is 1.16 bits per heavy atom. The molecule has 0 aromatic carbocycles. The van der Waals surface area contributed by atoms with Crippen molar-refractivity contribution in [3.63, 3.8) is 0 Å². The van der Waals surface area contributed by atoms with Gasteiger partial charge in [0.25, 0.3) is 0 Å². The van der Waals surface area contributed by atoms with E-state index < -0.39 is 5.97 Å². The summed E-state index contributed by atoms with van der Waals surface area (Å²) in [5.41, 5.74) is 1.66. The first kappa shape index (κ1) is 24.8. The van der Waals surface area contributed by atoms with Crippen LogP contribution >= 0.6 is 0 Å². The molecule has 31 heavy (non-hydrogen) atoms. The van der Waals surface area contributed by atoms with Gasteiger partial charge in [-0.3, -0.25) is 4.79 Å². The second-order valence-electron chi connectivity index (χ2n) is 10.8. The third-order valence-corrected chi connectivity index (χ3v) is 8.90. The third kappa shape index (κ3) is 6.13. The standard InChI is InChI=1S/C27H46O4/c1-2-3-4-8-17-27-18-16-25(29)22(14-15-24(28)20-10-6-5-7-11-20)23(27)19-21(27)12-9-13-26(30)31/h12,20,22-25,28-29H,2-11,13-19H2,1H3,(H,30,31)/t22-,23-,24?,25-,27-/m1/s1. The van der Waals surface area contributed by atoms with Crippen LogP contribution in [-0.4, -0.2) is 33.5 Å². The van der Waals surface area contributed by atoms with Crippen LogP contribution in [0.1, 0.15) is 116 Å². The highest BCUT2D eigenvalue weighted by atomic mass is 16.4. The van der Waals surface area contributed by atoms with Crippen molar-refractivity contribution < 1.29 is 20.1 Å². The van der Waals surface area contributed by atoms with Gasteiger partial charge in [0.1, 0.15) is 0 Å². The Morgan fingerprint density at radius 2 is 1.94 bits per heavy atom. The van der Waals surface area contributed by atoms with E-state index in [1.165, 1.54) is 56.9 Å². The van der Waals surface area contributed by atoms with E-state index in [0.717, 1.165) is 44.9 Å². The molecule has 0 heterocycles. The van der Waals surface area contributed by atoms with Crippen LogP contribution < -0.4 is 0 Å². The maximum absolute atomic E-state index is 11.0. The molecule has 0 radical (unpaired) electrons. The van der Waals surface area contributed by atoms with Gasteiger partial charge in [-0.25, -0.2) is 0 Å². The summed E-state index contributed by atoms with van der Waals surface area (Å²) in [6.07, 6.45) is 19.6. The van der Waals surface area contributed by atoms with Gasteiger partial charge < -0.3 is 15.3 Å². The zero-order valence-corrected chi connectivity index (χ0v) is 19.7. The van der Waals surface area contributed by atoms with Crippen molar-refractivity contribution in [2.24, 2.45) is 23.2 Å². The van der Waals surface area contributed by atoms with Crippen LogP contribution in [0, 0.1) is 23.2 Å². The van der Waals surface area contributed by atoms with Gasteiger partial charge in [0.05, 0.1) is 12.2 Å². The van der Waals surface area contributed by atoms with E-state index in [0.29, 0.717) is 18.3 Å². The lowest BCUT2D eigenvalue weighted by atomic mass is 9.45. The van der Waals surface area contributed by atoms with E-state index >= 15 is 0 Å². The number of carbonyl (C=O) groups is 1. The number of hydrogen-bond donors (Lipinski definition) is 3. The van der Waals surface area contributed by atoms with Crippen LogP contribution in [-0.2, 0) is 4.79 Å². The second kappa shape index (κ2) is 11.8. The average Bonchev–Trinajstić information content (AvgIpc) is 2.76. The van der Waals surface area contributed by atoms with Crippen LogP contribution in [0.15, 0.2) is 11.6 Å². The van der Waals surface area contributed by atoms with E-state index in [9.17, 15) is 15.0 Å². The molecule has 0 aromatic heterocycles. The fourth-order valence-corrected chi connectivity index (χ4v) is 7.04. The number of unbranched alkanes of at least 4 members (excludes halogenated alkanes) is 3. The number of fused-ring (bicyclic) bond motifs is 1. The molecule has 3 aliphatic rings. The molecule has 3 fully saturated rings. The molecule has 0 aromatic rings. The molecule has 0 aliphatic heterocycles. The summed E-state index contributed by atoms with van der Waals surface area (Å²) in [4.78, 5) is 11.0. The minimum Gasteiger partial charge on any atom is -0.481 e. The Labute approximate surface area is 189 Å². The van der Waals surface area contributed by atoms with Crippen molar-refractivity contribution in [2.75, 3.05) is 0 Å². The van der Waals surface area contributed by atoms with E-state index in [1.54, 1.807) is 0 Å². The molecule has 0 spiro atoms. The number of rotatable bonds is 12. The summed E-state index contributed by atoms with van der Waals surface area (Å²) in [7, 11) is 0. The third-order valence-electron chi connectivity index (χ3n) is 8.90. The van der Waals surface area contributed by atoms with Gasteiger partial charge in [0, 0.05) is 6.42 Å². The zero-order valence-electron chi connectivity index (χ0n) is 19.7. The van der Waals surface area contributed by atoms with Crippen LogP contribution in [0.2, 0.25) is 0 Å². The predicted octanol–water partition coefficient (Wildman–Crippen LogP) is 6.25. The first-order chi connectivity index (χ1) is 15.0. The number of hydrogen-bond acceptors (Lipinski definition) is 3. The molecule has 3 aliphatic carbocycles. The topological polar surface area (TPSA) is 77.8 Å². The van der Waals surface area contributed by atoms with Crippen LogP contribution in [0.3, 0.4) is 0 Å². The van der Waals surface area contributed by atoms with Crippen LogP contribution in [0.5, 0.6) is 0 Å². The minimum absolute atomic E-state index is 0.186. The maximum atomic E-state index is 11.0. The summed E-state index contributed by atoms with van der Waals surface area (Å²) >= 11 is 0. The fraction of sp³-hybridized carbons (Fsp3) is 0.889. The SMILES string of the molecule is CCCCCC[C@]12CC[C@@H](O)[C@H](CCC(O)C3CCCCC3)[C@H]1CC2=CCCC(=O)O. The van der Waals surface area contributed by atoms with Crippen molar-refractivity contribution in [2.45, 2.75) is 128 Å². The van der Waals surface area contributed by atoms with Crippen molar-refractivity contribution in [1.29, 1.82) is 0 Å². The lowest BCUT2D eigenvalue weighted by molar-refractivity contribution is -0.136. The molecule has 4 nitrogen and oxygen atoms in total. The number of aliphatic hydroxyl groups is 2. The number of allylic oxidation sites excluding steroid dienone is 2. The summed E-state index contributed by atoms with van der Waals surface area (Å²) in [5.74, 6) is 0.529. The Morgan fingerprint density at radius 3 is 2.65 bits per heavy atom. The smallest absolute Gasteiger partial charge is 0.303 e. The number of aliphatic hydroxyl groups excluding tert-OH is 2. The van der Waals surface area contributed by atoms with Crippen molar-refractivity contribution in [3.05, 3.63) is 11.6 Å². The summed E-state index contributed by atoms with van der Waals surface area (Å²) in [6, 6.07) is 0. The Hall–Kier alpha value is -0.870. The van der Waals surface area contributed by atoms with Gasteiger partial charge in [-0.05, 0) is 81.0 Å². The van der Waals surface area contributed by atoms with Gasteiger partial charge >= 0.3 is 5.97 Å². The summed E-state index contributed by atoms with van der Waals surface area (Å²) < 4.78 is 0. The van der Waals surface area contributed by atoms with Gasteiger partial charge in [-0.1, -0.05) is 63.5 Å². The molecule has 3 saturated carbocycles.